The summed E-state index contributed by atoms with van der Waals surface area (Å²) in [6.07, 6.45) is 1.37. The van der Waals surface area contributed by atoms with Gasteiger partial charge in [-0.3, -0.25) is 0 Å². The highest BCUT2D eigenvalue weighted by Gasteiger charge is 2.30. The van der Waals surface area contributed by atoms with E-state index in [9.17, 15) is 8.42 Å². The molecule has 8 heteroatoms. The molecule has 5 nitrogen and oxygen atoms in total. The number of hydrogen-bond donors (Lipinski definition) is 0. The van der Waals surface area contributed by atoms with Crippen LogP contribution in [0.25, 0.3) is 0 Å². The summed E-state index contributed by atoms with van der Waals surface area (Å²) in [5.74, 6) is 0. The number of nitrogens with zero attached hydrogens (tertiary/aromatic N) is 3. The Hall–Kier alpha value is -1.08. The number of aryl methyl sites for hydroxylation is 1. The van der Waals surface area contributed by atoms with E-state index in [2.05, 4.69) is 4.98 Å². The first-order valence-electron chi connectivity index (χ1n) is 6.15. The van der Waals surface area contributed by atoms with Gasteiger partial charge in [-0.15, -0.1) is 0 Å². The van der Waals surface area contributed by atoms with Gasteiger partial charge in [0.15, 0.2) is 0 Å². The molecule has 0 aliphatic rings. The zero-order valence-electron chi connectivity index (χ0n) is 11.8. The van der Waals surface area contributed by atoms with Gasteiger partial charge < -0.3 is 4.57 Å². The molecule has 0 radical (unpaired) electrons. The quantitative estimate of drug-likeness (QED) is 0.853. The van der Waals surface area contributed by atoms with Gasteiger partial charge >= 0.3 is 0 Å². The summed E-state index contributed by atoms with van der Waals surface area (Å²) >= 11 is 11.8. The SMILES string of the molecule is CC(c1ccc(Cl)cc1)N(C)S(=O)(=O)c1ncn(C)c1Cl. The lowest BCUT2D eigenvalue weighted by Gasteiger charge is -2.24. The van der Waals surface area contributed by atoms with E-state index in [0.717, 1.165) is 5.56 Å². The van der Waals surface area contributed by atoms with Crippen molar-refractivity contribution in [3.63, 3.8) is 0 Å². The maximum absolute atomic E-state index is 12.6. The summed E-state index contributed by atoms with van der Waals surface area (Å²) in [5.41, 5.74) is 0.831. The number of hydrogen-bond acceptors (Lipinski definition) is 3. The Kier molecular flexibility index (Phi) is 4.63. The fraction of sp³-hybridized carbons (Fsp3) is 0.308. The maximum Gasteiger partial charge on any atom is 0.263 e. The maximum atomic E-state index is 12.6. The Morgan fingerprint density at radius 3 is 2.29 bits per heavy atom. The number of rotatable bonds is 4. The molecule has 0 N–H and O–H groups in total. The van der Waals surface area contributed by atoms with Gasteiger partial charge in [-0.05, 0) is 24.6 Å². The van der Waals surface area contributed by atoms with Gasteiger partial charge in [-0.25, -0.2) is 13.4 Å². The summed E-state index contributed by atoms with van der Waals surface area (Å²) in [6.45, 7) is 1.79. The van der Waals surface area contributed by atoms with Gasteiger partial charge in [0.2, 0.25) is 5.03 Å². The molecule has 0 saturated heterocycles. The highest BCUT2D eigenvalue weighted by Crippen LogP contribution is 2.28. The smallest absolute Gasteiger partial charge is 0.263 e. The first-order valence-corrected chi connectivity index (χ1v) is 8.35. The van der Waals surface area contributed by atoms with Crippen LogP contribution in [-0.2, 0) is 17.1 Å². The topological polar surface area (TPSA) is 55.2 Å². The molecular weight excluding hydrogens is 333 g/mol. The Morgan fingerprint density at radius 1 is 1.24 bits per heavy atom. The van der Waals surface area contributed by atoms with Gasteiger partial charge in [0.25, 0.3) is 10.0 Å². The summed E-state index contributed by atoms with van der Waals surface area (Å²) < 4.78 is 27.9. The lowest BCUT2D eigenvalue weighted by molar-refractivity contribution is 0.397. The molecule has 2 aromatic rings. The molecule has 2 rings (SSSR count). The Morgan fingerprint density at radius 2 is 1.81 bits per heavy atom. The van der Waals surface area contributed by atoms with E-state index in [1.807, 2.05) is 0 Å². The molecule has 1 atom stereocenters. The number of sulfonamides is 1. The molecule has 0 amide bonds. The van der Waals surface area contributed by atoms with Crippen molar-refractivity contribution >= 4 is 33.2 Å². The van der Waals surface area contributed by atoms with E-state index in [0.29, 0.717) is 5.02 Å². The van der Waals surface area contributed by atoms with Gasteiger partial charge in [0.05, 0.1) is 6.33 Å². The average Bonchev–Trinajstić information content (AvgIpc) is 2.78. The number of benzene rings is 1. The van der Waals surface area contributed by atoms with Gasteiger partial charge in [0, 0.05) is 25.2 Å². The van der Waals surface area contributed by atoms with Crippen LogP contribution in [-0.4, -0.2) is 29.3 Å². The normalized spacial score (nSPS) is 13.6. The highest BCUT2D eigenvalue weighted by molar-refractivity contribution is 7.89. The monoisotopic (exact) mass is 347 g/mol. The van der Waals surface area contributed by atoms with Crippen molar-refractivity contribution in [2.75, 3.05) is 7.05 Å². The van der Waals surface area contributed by atoms with Crippen molar-refractivity contribution in [2.45, 2.75) is 18.0 Å². The molecule has 1 aromatic carbocycles. The molecule has 0 saturated carbocycles. The second kappa shape index (κ2) is 5.96. The summed E-state index contributed by atoms with van der Waals surface area (Å²) in [5, 5.41) is 0.546. The van der Waals surface area contributed by atoms with Crippen LogP contribution >= 0.6 is 23.2 Å². The molecule has 0 bridgehead atoms. The molecule has 1 aromatic heterocycles. The van der Waals surface area contributed by atoms with Crippen molar-refractivity contribution in [2.24, 2.45) is 7.05 Å². The predicted octanol–water partition coefficient (Wildman–Crippen LogP) is 3.11. The van der Waals surface area contributed by atoms with Crippen molar-refractivity contribution in [1.82, 2.24) is 13.9 Å². The lowest BCUT2D eigenvalue weighted by Crippen LogP contribution is -2.30. The minimum absolute atomic E-state index is 0.0881. The van der Waals surface area contributed by atoms with Crippen LogP contribution in [0, 0.1) is 0 Å². The van der Waals surface area contributed by atoms with Crippen molar-refractivity contribution in [3.8, 4) is 0 Å². The number of imidazole rings is 1. The first kappa shape index (κ1) is 16.3. The van der Waals surface area contributed by atoms with E-state index in [1.54, 1.807) is 38.2 Å². The second-order valence-electron chi connectivity index (χ2n) is 4.70. The molecule has 0 fully saturated rings. The largest absolute Gasteiger partial charge is 0.324 e. The van der Waals surface area contributed by atoms with E-state index >= 15 is 0 Å². The van der Waals surface area contributed by atoms with Crippen LogP contribution < -0.4 is 0 Å². The Balaban J connectivity index is 2.36. The fourth-order valence-electron chi connectivity index (χ4n) is 1.86. The van der Waals surface area contributed by atoms with E-state index in [-0.39, 0.29) is 16.2 Å². The summed E-state index contributed by atoms with van der Waals surface area (Å²) in [6, 6.07) is 6.66. The van der Waals surface area contributed by atoms with Crippen LogP contribution in [0.4, 0.5) is 0 Å². The van der Waals surface area contributed by atoms with Crippen molar-refractivity contribution in [3.05, 3.63) is 46.3 Å². The minimum atomic E-state index is -3.77. The second-order valence-corrected chi connectivity index (χ2v) is 7.41. The molecule has 0 aliphatic carbocycles. The van der Waals surface area contributed by atoms with Crippen LogP contribution in [0.5, 0.6) is 0 Å². The van der Waals surface area contributed by atoms with Crippen LogP contribution in [0.2, 0.25) is 10.2 Å². The van der Waals surface area contributed by atoms with Gasteiger partial charge in [-0.2, -0.15) is 4.31 Å². The number of aromatic nitrogens is 2. The zero-order valence-corrected chi connectivity index (χ0v) is 14.1. The van der Waals surface area contributed by atoms with Crippen LogP contribution in [0.3, 0.4) is 0 Å². The standard InChI is InChI=1S/C13H15Cl2N3O2S/c1-9(10-4-6-11(14)7-5-10)18(3)21(19,20)13-12(15)17(2)8-16-13/h4-9H,1-3H3. The molecule has 114 valence electrons. The van der Waals surface area contributed by atoms with Gasteiger partial charge in [-0.1, -0.05) is 35.3 Å². The third-order valence-corrected chi connectivity index (χ3v) is 6.03. The first-order chi connectivity index (χ1) is 9.75. The third kappa shape index (κ3) is 3.08. The molecule has 0 spiro atoms. The average molecular weight is 348 g/mol. The summed E-state index contributed by atoms with van der Waals surface area (Å²) in [4.78, 5) is 3.88. The summed E-state index contributed by atoms with van der Waals surface area (Å²) in [7, 11) is -0.634. The molecule has 1 heterocycles. The Bertz CT molecular complexity index is 741. The van der Waals surface area contributed by atoms with E-state index in [1.165, 1.54) is 22.2 Å². The predicted molar refractivity (Wildman–Crippen MR) is 83.0 cm³/mol. The van der Waals surface area contributed by atoms with E-state index in [4.69, 9.17) is 23.2 Å². The lowest BCUT2D eigenvalue weighted by atomic mass is 10.1. The molecule has 1 unspecified atom stereocenters. The zero-order chi connectivity index (χ0) is 15.8. The van der Waals surface area contributed by atoms with Crippen molar-refractivity contribution < 1.29 is 8.42 Å². The van der Waals surface area contributed by atoms with E-state index < -0.39 is 10.0 Å². The van der Waals surface area contributed by atoms with Crippen LogP contribution in [0.15, 0.2) is 35.6 Å². The van der Waals surface area contributed by atoms with Crippen LogP contribution in [0.1, 0.15) is 18.5 Å². The third-order valence-electron chi connectivity index (χ3n) is 3.36. The fourth-order valence-corrected chi connectivity index (χ4v) is 3.72. The molecule has 0 aliphatic heterocycles. The minimum Gasteiger partial charge on any atom is -0.324 e. The number of halogens is 2. The van der Waals surface area contributed by atoms with Gasteiger partial charge in [0.1, 0.15) is 5.15 Å². The van der Waals surface area contributed by atoms with Crippen molar-refractivity contribution in [1.29, 1.82) is 0 Å². The highest BCUT2D eigenvalue weighted by atomic mass is 35.5. The molecule has 21 heavy (non-hydrogen) atoms. The molecular formula is C13H15Cl2N3O2S. The Labute approximate surface area is 134 Å².